The summed E-state index contributed by atoms with van der Waals surface area (Å²) in [4.78, 5) is 39.7. The highest BCUT2D eigenvalue weighted by Crippen LogP contribution is 2.22. The van der Waals surface area contributed by atoms with Crippen LogP contribution in [0.25, 0.3) is 0 Å². The van der Waals surface area contributed by atoms with E-state index in [1.54, 1.807) is 51.1 Å². The molecule has 0 aliphatic heterocycles. The average molecular weight is 440 g/mol. The minimum absolute atomic E-state index is 0.00663. The van der Waals surface area contributed by atoms with Crippen LogP contribution in [0, 0.1) is 0 Å². The first-order valence-electron chi connectivity index (χ1n) is 9.87. The van der Waals surface area contributed by atoms with Crippen molar-refractivity contribution in [1.82, 2.24) is 15.5 Å². The summed E-state index contributed by atoms with van der Waals surface area (Å²) in [6.07, 6.45) is -0.762. The van der Waals surface area contributed by atoms with E-state index in [1.807, 2.05) is 13.8 Å². The number of carbonyl (C=O) groups excluding carboxylic acids is 3. The molecular weight excluding hydrogens is 406 g/mol. The van der Waals surface area contributed by atoms with E-state index >= 15 is 0 Å². The number of hydrogen-bond donors (Lipinski definition) is 4. The van der Waals surface area contributed by atoms with Crippen LogP contribution in [0.2, 0.25) is 0 Å². The standard InChI is InChI=1S/C21H33N3O5S/c1-14(2)22-18(26)17(15-9-7-6-8-10-15)24(11-12-25)19(27)16(13-30)23-20(28)29-21(3,4)5/h6-10,14,16-17,25,30H,11-13H2,1-5H3,(H,22,26)(H,23,28). The highest BCUT2D eigenvalue weighted by Gasteiger charge is 2.35. The van der Waals surface area contributed by atoms with E-state index in [0.29, 0.717) is 5.56 Å². The van der Waals surface area contributed by atoms with Crippen molar-refractivity contribution in [3.63, 3.8) is 0 Å². The van der Waals surface area contributed by atoms with Crippen LogP contribution in [-0.2, 0) is 14.3 Å². The first-order valence-corrected chi connectivity index (χ1v) is 10.5. The fraction of sp³-hybridized carbons (Fsp3) is 0.571. The number of thiol groups is 1. The van der Waals surface area contributed by atoms with Crippen LogP contribution < -0.4 is 10.6 Å². The Morgan fingerprint density at radius 3 is 2.20 bits per heavy atom. The van der Waals surface area contributed by atoms with Crippen LogP contribution in [0.1, 0.15) is 46.2 Å². The summed E-state index contributed by atoms with van der Waals surface area (Å²) in [5.41, 5.74) is -0.143. The summed E-state index contributed by atoms with van der Waals surface area (Å²) in [5.74, 6) is -0.932. The maximum absolute atomic E-state index is 13.3. The molecule has 0 aromatic heterocycles. The minimum Gasteiger partial charge on any atom is -0.444 e. The van der Waals surface area contributed by atoms with Crippen LogP contribution in [-0.4, -0.2) is 64.5 Å². The lowest BCUT2D eigenvalue weighted by Crippen LogP contribution is -2.54. The lowest BCUT2D eigenvalue weighted by Gasteiger charge is -2.34. The van der Waals surface area contributed by atoms with Gasteiger partial charge < -0.3 is 25.4 Å². The van der Waals surface area contributed by atoms with Crippen LogP contribution in [0.4, 0.5) is 4.79 Å². The molecule has 2 atom stereocenters. The Kier molecular flexibility index (Phi) is 10.1. The second-order valence-electron chi connectivity index (χ2n) is 8.11. The molecule has 0 radical (unpaired) electrons. The van der Waals surface area contributed by atoms with E-state index in [2.05, 4.69) is 23.3 Å². The third-order valence-electron chi connectivity index (χ3n) is 3.90. The highest BCUT2D eigenvalue weighted by molar-refractivity contribution is 7.80. The van der Waals surface area contributed by atoms with Gasteiger partial charge in [0.2, 0.25) is 11.8 Å². The van der Waals surface area contributed by atoms with Gasteiger partial charge in [-0.2, -0.15) is 12.6 Å². The van der Waals surface area contributed by atoms with Crippen molar-refractivity contribution in [3.8, 4) is 0 Å². The molecule has 0 aliphatic rings. The van der Waals surface area contributed by atoms with Crippen molar-refractivity contribution in [2.45, 2.75) is 58.3 Å². The molecule has 0 spiro atoms. The van der Waals surface area contributed by atoms with E-state index in [0.717, 1.165) is 0 Å². The summed E-state index contributed by atoms with van der Waals surface area (Å²) < 4.78 is 5.22. The molecule has 1 rings (SSSR count). The third-order valence-corrected chi connectivity index (χ3v) is 4.27. The van der Waals surface area contributed by atoms with E-state index in [1.165, 1.54) is 4.90 Å². The van der Waals surface area contributed by atoms with E-state index < -0.39 is 29.7 Å². The smallest absolute Gasteiger partial charge is 0.408 e. The van der Waals surface area contributed by atoms with Crippen molar-refractivity contribution < 1.29 is 24.2 Å². The maximum Gasteiger partial charge on any atom is 0.408 e. The molecule has 1 aromatic carbocycles. The third kappa shape index (κ3) is 8.23. The number of carbonyl (C=O) groups is 3. The zero-order valence-corrected chi connectivity index (χ0v) is 19.1. The van der Waals surface area contributed by atoms with Crippen molar-refractivity contribution in [3.05, 3.63) is 35.9 Å². The molecule has 3 amide bonds. The number of alkyl carbamates (subject to hydrolysis) is 1. The Morgan fingerprint density at radius 2 is 1.73 bits per heavy atom. The van der Waals surface area contributed by atoms with Crippen LogP contribution >= 0.6 is 12.6 Å². The summed E-state index contributed by atoms with van der Waals surface area (Å²) in [5, 5.41) is 14.9. The summed E-state index contributed by atoms with van der Waals surface area (Å²) in [6.45, 7) is 8.33. The quantitative estimate of drug-likeness (QED) is 0.440. The fourth-order valence-corrected chi connectivity index (χ4v) is 3.03. The Hall–Kier alpha value is -2.26. The maximum atomic E-state index is 13.3. The SMILES string of the molecule is CC(C)NC(=O)C(c1ccccc1)N(CCO)C(=O)C(CS)NC(=O)OC(C)(C)C. The fourth-order valence-electron chi connectivity index (χ4n) is 2.78. The molecule has 0 aliphatic carbocycles. The Bertz CT molecular complexity index is 706. The molecule has 2 unspecified atom stereocenters. The predicted molar refractivity (Wildman–Crippen MR) is 118 cm³/mol. The zero-order valence-electron chi connectivity index (χ0n) is 18.2. The number of aliphatic hydroxyl groups is 1. The van der Waals surface area contributed by atoms with Crippen LogP contribution in [0.5, 0.6) is 0 Å². The van der Waals surface area contributed by atoms with Crippen molar-refractivity contribution >= 4 is 30.5 Å². The van der Waals surface area contributed by atoms with Crippen LogP contribution in [0.15, 0.2) is 30.3 Å². The predicted octanol–water partition coefficient (Wildman–Crippen LogP) is 1.90. The topological polar surface area (TPSA) is 108 Å². The average Bonchev–Trinajstić information content (AvgIpc) is 2.64. The molecule has 0 heterocycles. The van der Waals surface area contributed by atoms with Gasteiger partial charge in [0.1, 0.15) is 17.7 Å². The Morgan fingerprint density at radius 1 is 1.13 bits per heavy atom. The van der Waals surface area contributed by atoms with E-state index in [9.17, 15) is 19.5 Å². The van der Waals surface area contributed by atoms with Crippen LogP contribution in [0.3, 0.4) is 0 Å². The minimum atomic E-state index is -1.03. The molecule has 9 heteroatoms. The van der Waals surface area contributed by atoms with Gasteiger partial charge in [-0.1, -0.05) is 30.3 Å². The number of hydrogen-bond acceptors (Lipinski definition) is 6. The first kappa shape index (κ1) is 25.8. The molecule has 30 heavy (non-hydrogen) atoms. The number of rotatable bonds is 9. The van der Waals surface area contributed by atoms with Crippen molar-refractivity contribution in [1.29, 1.82) is 0 Å². The molecular formula is C21H33N3O5S. The normalized spacial score (nSPS) is 13.3. The summed E-state index contributed by atoms with van der Waals surface area (Å²) >= 11 is 4.19. The van der Waals surface area contributed by atoms with Gasteiger partial charge in [0.15, 0.2) is 0 Å². The number of benzene rings is 1. The first-order chi connectivity index (χ1) is 14.0. The number of ether oxygens (including phenoxy) is 1. The van der Waals surface area contributed by atoms with Gasteiger partial charge >= 0.3 is 6.09 Å². The van der Waals surface area contributed by atoms with Gasteiger partial charge in [-0.3, -0.25) is 9.59 Å². The van der Waals surface area contributed by atoms with E-state index in [-0.39, 0.29) is 30.9 Å². The highest BCUT2D eigenvalue weighted by atomic mass is 32.1. The number of amides is 3. The molecule has 1 aromatic rings. The second-order valence-corrected chi connectivity index (χ2v) is 8.48. The molecule has 0 saturated heterocycles. The summed E-state index contributed by atoms with van der Waals surface area (Å²) in [7, 11) is 0. The Balaban J connectivity index is 3.22. The summed E-state index contributed by atoms with van der Waals surface area (Å²) in [6, 6.07) is 6.65. The van der Waals surface area contributed by atoms with Gasteiger partial charge in [0, 0.05) is 18.3 Å². The monoisotopic (exact) mass is 439 g/mol. The number of nitrogens with zero attached hydrogens (tertiary/aromatic N) is 1. The Labute approximate surface area is 183 Å². The molecule has 8 nitrogen and oxygen atoms in total. The largest absolute Gasteiger partial charge is 0.444 e. The number of nitrogens with one attached hydrogen (secondary N) is 2. The molecule has 0 fully saturated rings. The second kappa shape index (κ2) is 11.8. The molecule has 0 saturated carbocycles. The van der Waals surface area contributed by atoms with E-state index in [4.69, 9.17) is 4.74 Å². The van der Waals surface area contributed by atoms with Gasteiger partial charge in [0.05, 0.1) is 6.61 Å². The van der Waals surface area contributed by atoms with Crippen molar-refractivity contribution in [2.24, 2.45) is 0 Å². The molecule has 0 bridgehead atoms. The lowest BCUT2D eigenvalue weighted by molar-refractivity contribution is -0.142. The molecule has 3 N–H and O–H groups in total. The van der Waals surface area contributed by atoms with Gasteiger partial charge in [-0.25, -0.2) is 4.79 Å². The number of aliphatic hydroxyl groups excluding tert-OH is 1. The van der Waals surface area contributed by atoms with Crippen molar-refractivity contribution in [2.75, 3.05) is 18.9 Å². The van der Waals surface area contributed by atoms with Gasteiger partial charge in [-0.15, -0.1) is 0 Å². The van der Waals surface area contributed by atoms with Gasteiger partial charge in [-0.05, 0) is 40.2 Å². The van der Waals surface area contributed by atoms with Gasteiger partial charge in [0.25, 0.3) is 0 Å². The zero-order chi connectivity index (χ0) is 22.9. The lowest BCUT2D eigenvalue weighted by atomic mass is 10.0. The molecule has 168 valence electrons.